The number of imide groups is 1. The Morgan fingerprint density at radius 3 is 2.35 bits per heavy atom. The van der Waals surface area contributed by atoms with Crippen molar-refractivity contribution in [1.29, 1.82) is 0 Å². The number of nitrogens with zero attached hydrogens (tertiary/aromatic N) is 2. The number of benzene rings is 2. The van der Waals surface area contributed by atoms with Gasteiger partial charge >= 0.3 is 0 Å². The number of morpholine rings is 1. The average molecular weight is 581 g/mol. The van der Waals surface area contributed by atoms with Crippen LogP contribution in [-0.2, 0) is 23.9 Å². The van der Waals surface area contributed by atoms with E-state index in [0.717, 1.165) is 24.4 Å². The summed E-state index contributed by atoms with van der Waals surface area (Å²) < 4.78 is 10.7. The lowest BCUT2D eigenvalue weighted by Gasteiger charge is -2.42. The van der Waals surface area contributed by atoms with Gasteiger partial charge in [0.05, 0.1) is 37.8 Å². The topological polar surface area (TPSA) is 113 Å². The lowest BCUT2D eigenvalue weighted by atomic mass is 9.59. The molecule has 5 aliphatic rings. The van der Waals surface area contributed by atoms with Crippen molar-refractivity contribution in [3.8, 4) is 11.5 Å². The smallest absolute Gasteiger partial charge is 0.238 e. The van der Waals surface area contributed by atoms with Crippen LogP contribution in [0.25, 0.3) is 0 Å². The van der Waals surface area contributed by atoms with Crippen LogP contribution < -0.4 is 14.5 Å². The Morgan fingerprint density at radius 2 is 1.65 bits per heavy atom. The van der Waals surface area contributed by atoms with E-state index in [4.69, 9.17) is 9.47 Å². The molecule has 1 N–H and O–H groups in total. The van der Waals surface area contributed by atoms with Crippen molar-refractivity contribution in [3.05, 3.63) is 82.5 Å². The molecule has 9 heteroatoms. The van der Waals surface area contributed by atoms with E-state index in [9.17, 15) is 24.3 Å². The number of anilines is 2. The summed E-state index contributed by atoms with van der Waals surface area (Å²) >= 11 is 0. The predicted molar refractivity (Wildman–Crippen MR) is 158 cm³/mol. The molecule has 2 aromatic rings. The number of phenols is 1. The van der Waals surface area contributed by atoms with Gasteiger partial charge in [0.2, 0.25) is 11.8 Å². The summed E-state index contributed by atoms with van der Waals surface area (Å²) in [6, 6.07) is 12.4. The molecule has 0 radical (unpaired) electrons. The summed E-state index contributed by atoms with van der Waals surface area (Å²) in [4.78, 5) is 58.3. The number of carbonyl (C=O) groups excluding carboxylic acids is 4. The molecule has 0 spiro atoms. The first-order valence-electron chi connectivity index (χ1n) is 14.7. The minimum Gasteiger partial charge on any atom is -0.504 e. The van der Waals surface area contributed by atoms with Gasteiger partial charge in [-0.3, -0.25) is 24.1 Å². The Kier molecular flexibility index (Phi) is 6.58. The zero-order valence-corrected chi connectivity index (χ0v) is 24.0. The van der Waals surface area contributed by atoms with Crippen molar-refractivity contribution < 1.29 is 33.8 Å². The summed E-state index contributed by atoms with van der Waals surface area (Å²) in [6.45, 7) is 4.50. The third kappa shape index (κ3) is 4.25. The maximum atomic E-state index is 14.1. The fourth-order valence-corrected chi connectivity index (χ4v) is 7.52. The first-order chi connectivity index (χ1) is 20.8. The van der Waals surface area contributed by atoms with E-state index < -0.39 is 23.7 Å². The third-order valence-corrected chi connectivity index (χ3v) is 9.59. The van der Waals surface area contributed by atoms with Gasteiger partial charge < -0.3 is 19.5 Å². The normalized spacial score (nSPS) is 27.0. The Morgan fingerprint density at radius 1 is 0.930 bits per heavy atom. The minimum absolute atomic E-state index is 0.0840. The highest BCUT2D eigenvalue weighted by molar-refractivity contribution is 6.25. The molecule has 4 atom stereocenters. The molecular formula is C34H32N2O7. The Labute approximate surface area is 249 Å². The number of ether oxygens (including phenoxy) is 2. The molecule has 2 saturated heterocycles. The predicted octanol–water partition coefficient (Wildman–Crippen LogP) is 3.87. The van der Waals surface area contributed by atoms with Crippen molar-refractivity contribution in [2.24, 2.45) is 17.8 Å². The molecule has 4 unspecified atom stereocenters. The highest BCUT2D eigenvalue weighted by atomic mass is 16.5. The number of hydrogen-bond acceptors (Lipinski definition) is 8. The Hall–Kier alpha value is -4.50. The van der Waals surface area contributed by atoms with E-state index in [1.165, 1.54) is 18.1 Å². The van der Waals surface area contributed by atoms with Crippen LogP contribution in [0.3, 0.4) is 0 Å². The molecule has 2 aromatic carbocycles. The molecule has 2 fully saturated rings. The first-order valence-corrected chi connectivity index (χ1v) is 14.7. The van der Waals surface area contributed by atoms with Gasteiger partial charge in [0.15, 0.2) is 23.1 Å². The second kappa shape index (κ2) is 10.3. The van der Waals surface area contributed by atoms with Crippen LogP contribution in [0.5, 0.6) is 11.5 Å². The quantitative estimate of drug-likeness (QED) is 0.330. The summed E-state index contributed by atoms with van der Waals surface area (Å²) in [5, 5.41) is 10.6. The van der Waals surface area contributed by atoms with Crippen LogP contribution in [-0.4, -0.2) is 61.9 Å². The van der Waals surface area contributed by atoms with Crippen LogP contribution in [0.1, 0.15) is 31.2 Å². The number of ketones is 2. The maximum absolute atomic E-state index is 14.1. The zero-order chi connectivity index (χ0) is 30.0. The summed E-state index contributed by atoms with van der Waals surface area (Å²) in [5.41, 5.74) is 4.13. The van der Waals surface area contributed by atoms with Crippen molar-refractivity contribution in [1.82, 2.24) is 0 Å². The number of phenolic OH excluding ortho intramolecular Hbond substituents is 1. The number of aromatic hydroxyl groups is 1. The minimum atomic E-state index is -0.662. The highest BCUT2D eigenvalue weighted by Crippen LogP contribution is 2.56. The maximum Gasteiger partial charge on any atom is 0.238 e. The SMILES string of the molecule is COc1ccc(C2C3=CCC4C(=O)N(c5ccc(N6CCOCC6)cc5)C(=O)C4C3CC3=C2C(=O)C(C)=CC3=O)cc1O. The molecule has 0 saturated carbocycles. The first kappa shape index (κ1) is 27.3. The molecular weight excluding hydrogens is 548 g/mol. The van der Waals surface area contributed by atoms with Crippen molar-refractivity contribution >= 4 is 34.8 Å². The molecule has 2 heterocycles. The molecule has 3 aliphatic carbocycles. The second-order valence-electron chi connectivity index (χ2n) is 11.8. The Bertz CT molecular complexity index is 1660. The van der Waals surface area contributed by atoms with Crippen LogP contribution in [0, 0.1) is 17.8 Å². The van der Waals surface area contributed by atoms with E-state index in [1.54, 1.807) is 25.1 Å². The van der Waals surface area contributed by atoms with Gasteiger partial charge in [-0.25, -0.2) is 0 Å². The number of allylic oxidation sites excluding steroid dienone is 6. The van der Waals surface area contributed by atoms with Crippen molar-refractivity contribution in [2.45, 2.75) is 25.7 Å². The molecule has 2 amide bonds. The fraction of sp³-hybridized carbons (Fsp3) is 0.353. The van der Waals surface area contributed by atoms with Gasteiger partial charge in [0.1, 0.15) is 0 Å². The molecule has 43 heavy (non-hydrogen) atoms. The van der Waals surface area contributed by atoms with Gasteiger partial charge in [-0.1, -0.05) is 17.7 Å². The molecule has 220 valence electrons. The van der Waals surface area contributed by atoms with Gasteiger partial charge in [-0.05, 0) is 73.7 Å². The molecule has 9 nitrogen and oxygen atoms in total. The van der Waals surface area contributed by atoms with Crippen LogP contribution in [0.15, 0.2) is 76.9 Å². The third-order valence-electron chi connectivity index (χ3n) is 9.59. The number of hydrogen-bond donors (Lipinski definition) is 1. The highest BCUT2D eigenvalue weighted by Gasteiger charge is 2.56. The van der Waals surface area contributed by atoms with Gasteiger partial charge in [0, 0.05) is 41.4 Å². The standard InChI is InChI=1S/C34H32N2O7/c1-18-15-26(37)25-17-24-22(29(31(25)32(18)39)19-3-10-28(42-2)27(38)16-19)8-9-23-30(24)34(41)36(33(23)40)21-6-4-20(5-7-21)35-11-13-43-14-12-35/h3-8,10,15-16,23-24,29-30,38H,9,11-14,17H2,1-2H3. The zero-order valence-electron chi connectivity index (χ0n) is 24.0. The van der Waals surface area contributed by atoms with Crippen molar-refractivity contribution in [3.63, 3.8) is 0 Å². The summed E-state index contributed by atoms with van der Waals surface area (Å²) in [5.74, 6) is -3.08. The number of amides is 2. The van der Waals surface area contributed by atoms with Gasteiger partial charge in [-0.15, -0.1) is 0 Å². The molecule has 0 aromatic heterocycles. The van der Waals surface area contributed by atoms with Crippen LogP contribution in [0.4, 0.5) is 11.4 Å². The van der Waals surface area contributed by atoms with Gasteiger partial charge in [-0.2, -0.15) is 0 Å². The van der Waals surface area contributed by atoms with E-state index in [1.807, 2.05) is 30.3 Å². The number of Topliss-reactive ketones (excluding diaryl/α,β-unsaturated/α-hetero) is 1. The monoisotopic (exact) mass is 580 g/mol. The van der Waals surface area contributed by atoms with E-state index >= 15 is 0 Å². The summed E-state index contributed by atoms with van der Waals surface area (Å²) in [6.07, 6.45) is 3.89. The number of methoxy groups -OCH3 is 1. The van der Waals surface area contributed by atoms with E-state index in [0.29, 0.717) is 47.6 Å². The average Bonchev–Trinajstić information content (AvgIpc) is 3.28. The fourth-order valence-electron chi connectivity index (χ4n) is 7.52. The van der Waals surface area contributed by atoms with Crippen LogP contribution >= 0.6 is 0 Å². The lowest BCUT2D eigenvalue weighted by Crippen LogP contribution is -2.39. The largest absolute Gasteiger partial charge is 0.504 e. The second-order valence-corrected chi connectivity index (χ2v) is 11.8. The van der Waals surface area contributed by atoms with Crippen molar-refractivity contribution in [2.75, 3.05) is 43.2 Å². The van der Waals surface area contributed by atoms with Gasteiger partial charge in [0.25, 0.3) is 0 Å². The molecule has 0 bridgehead atoms. The van der Waals surface area contributed by atoms with E-state index in [-0.39, 0.29) is 41.3 Å². The number of carbonyl (C=O) groups is 4. The number of fused-ring (bicyclic) bond motifs is 3. The van der Waals surface area contributed by atoms with Crippen LogP contribution in [0.2, 0.25) is 0 Å². The molecule has 2 aliphatic heterocycles. The number of rotatable bonds is 4. The van der Waals surface area contributed by atoms with E-state index in [2.05, 4.69) is 4.90 Å². The summed E-state index contributed by atoms with van der Waals surface area (Å²) in [7, 11) is 1.46. The lowest BCUT2D eigenvalue weighted by molar-refractivity contribution is -0.123. The molecule has 7 rings (SSSR count). The Balaban J connectivity index is 1.26.